The van der Waals surface area contributed by atoms with Crippen LogP contribution >= 0.6 is 11.8 Å². The Morgan fingerprint density at radius 1 is 1.35 bits per heavy atom. The first-order valence-electron chi connectivity index (χ1n) is 6.91. The molecule has 0 spiro atoms. The molecule has 3 nitrogen and oxygen atoms in total. The van der Waals surface area contributed by atoms with Crippen LogP contribution in [0, 0.1) is 6.92 Å². The monoisotopic (exact) mass is 295 g/mol. The minimum atomic E-state index is -0.177. The molecule has 112 valence electrons. The number of benzene rings is 1. The summed E-state index contributed by atoms with van der Waals surface area (Å²) in [7, 11) is 0. The van der Waals surface area contributed by atoms with Gasteiger partial charge in [0.2, 0.25) is 5.91 Å². The summed E-state index contributed by atoms with van der Waals surface area (Å²) in [5.41, 5.74) is 0.958. The molecule has 0 fully saturated rings. The lowest BCUT2D eigenvalue weighted by molar-refractivity contribution is -0.121. The maximum Gasteiger partial charge on any atom is 0.233 e. The number of ether oxygens (including phenoxy) is 1. The SMILES string of the molecule is Cc1ccccc1OCCS[C@H](C)C(=O)NC(C)(C)C. The molecular weight excluding hydrogens is 270 g/mol. The van der Waals surface area contributed by atoms with E-state index in [0.29, 0.717) is 6.61 Å². The first-order chi connectivity index (χ1) is 9.29. The van der Waals surface area contributed by atoms with Crippen molar-refractivity contribution >= 4 is 17.7 Å². The van der Waals surface area contributed by atoms with E-state index in [0.717, 1.165) is 17.1 Å². The van der Waals surface area contributed by atoms with Gasteiger partial charge in [0.15, 0.2) is 0 Å². The van der Waals surface area contributed by atoms with Crippen molar-refractivity contribution in [1.82, 2.24) is 5.32 Å². The lowest BCUT2D eigenvalue weighted by atomic mass is 10.1. The zero-order chi connectivity index (χ0) is 15.2. The lowest BCUT2D eigenvalue weighted by Gasteiger charge is -2.23. The molecule has 0 aliphatic heterocycles. The quantitative estimate of drug-likeness (QED) is 0.817. The van der Waals surface area contributed by atoms with E-state index in [4.69, 9.17) is 4.74 Å². The Hall–Kier alpha value is -1.16. The van der Waals surface area contributed by atoms with Gasteiger partial charge in [0.25, 0.3) is 0 Å². The molecule has 0 aromatic heterocycles. The van der Waals surface area contributed by atoms with Gasteiger partial charge < -0.3 is 10.1 Å². The van der Waals surface area contributed by atoms with Crippen molar-refractivity contribution in [3.63, 3.8) is 0 Å². The highest BCUT2D eigenvalue weighted by atomic mass is 32.2. The number of rotatable bonds is 6. The number of carbonyl (C=O) groups excluding carboxylic acids is 1. The Balaban J connectivity index is 2.27. The molecule has 1 amide bonds. The number of thioether (sulfide) groups is 1. The summed E-state index contributed by atoms with van der Waals surface area (Å²) in [5, 5.41) is 2.93. The van der Waals surface area contributed by atoms with Crippen LogP contribution < -0.4 is 10.1 Å². The fraction of sp³-hybridized carbons (Fsp3) is 0.562. The van der Waals surface area contributed by atoms with Gasteiger partial charge in [-0.05, 0) is 46.2 Å². The molecule has 0 bridgehead atoms. The van der Waals surface area contributed by atoms with Crippen molar-refractivity contribution < 1.29 is 9.53 Å². The first kappa shape index (κ1) is 16.9. The van der Waals surface area contributed by atoms with Crippen LogP contribution in [0.1, 0.15) is 33.3 Å². The minimum absolute atomic E-state index is 0.0605. The third-order valence-electron chi connectivity index (χ3n) is 2.67. The van der Waals surface area contributed by atoms with E-state index in [1.807, 2.05) is 58.9 Å². The third kappa shape index (κ3) is 6.33. The normalized spacial score (nSPS) is 12.8. The topological polar surface area (TPSA) is 38.3 Å². The van der Waals surface area contributed by atoms with Crippen LogP contribution in [0.3, 0.4) is 0 Å². The van der Waals surface area contributed by atoms with Crippen LogP contribution in [-0.2, 0) is 4.79 Å². The predicted molar refractivity (Wildman–Crippen MR) is 86.5 cm³/mol. The van der Waals surface area contributed by atoms with Crippen molar-refractivity contribution in [2.75, 3.05) is 12.4 Å². The van der Waals surface area contributed by atoms with Gasteiger partial charge in [-0.1, -0.05) is 18.2 Å². The van der Waals surface area contributed by atoms with E-state index < -0.39 is 0 Å². The summed E-state index contributed by atoms with van der Waals surface area (Å²) in [6.07, 6.45) is 0. The molecule has 0 saturated carbocycles. The minimum Gasteiger partial charge on any atom is -0.492 e. The molecule has 1 N–H and O–H groups in total. The number of hydrogen-bond donors (Lipinski definition) is 1. The second kappa shape index (κ2) is 7.58. The highest BCUT2D eigenvalue weighted by Gasteiger charge is 2.19. The number of carbonyl (C=O) groups is 1. The summed E-state index contributed by atoms with van der Waals surface area (Å²) in [5.74, 6) is 1.80. The smallest absolute Gasteiger partial charge is 0.233 e. The fourth-order valence-corrected chi connectivity index (χ4v) is 2.39. The van der Waals surface area contributed by atoms with Gasteiger partial charge in [0.1, 0.15) is 5.75 Å². The Labute approximate surface area is 126 Å². The first-order valence-corrected chi connectivity index (χ1v) is 7.96. The molecule has 0 radical (unpaired) electrons. The third-order valence-corrected chi connectivity index (χ3v) is 3.79. The van der Waals surface area contributed by atoms with Gasteiger partial charge in [-0.2, -0.15) is 0 Å². The largest absolute Gasteiger partial charge is 0.492 e. The van der Waals surface area contributed by atoms with Crippen molar-refractivity contribution in [3.8, 4) is 5.75 Å². The van der Waals surface area contributed by atoms with Crippen LogP contribution in [0.5, 0.6) is 5.75 Å². The molecular formula is C16H25NO2S. The van der Waals surface area contributed by atoms with Gasteiger partial charge in [-0.25, -0.2) is 0 Å². The van der Waals surface area contributed by atoms with Crippen LogP contribution in [0.15, 0.2) is 24.3 Å². The molecule has 0 aliphatic carbocycles. The standard InChI is InChI=1S/C16H25NO2S/c1-12-8-6-7-9-14(12)19-10-11-20-13(2)15(18)17-16(3,4)5/h6-9,13H,10-11H2,1-5H3,(H,17,18)/t13-/m1/s1. The molecule has 0 aliphatic rings. The van der Waals surface area contributed by atoms with E-state index in [1.165, 1.54) is 0 Å². The van der Waals surface area contributed by atoms with Gasteiger partial charge in [-0.15, -0.1) is 11.8 Å². The van der Waals surface area contributed by atoms with E-state index >= 15 is 0 Å². The van der Waals surface area contributed by atoms with E-state index in [9.17, 15) is 4.79 Å². The second-order valence-corrected chi connectivity index (χ2v) is 7.31. The van der Waals surface area contributed by atoms with Gasteiger partial charge >= 0.3 is 0 Å². The van der Waals surface area contributed by atoms with E-state index in [1.54, 1.807) is 11.8 Å². The van der Waals surface area contributed by atoms with Crippen LogP contribution in [0.4, 0.5) is 0 Å². The average molecular weight is 295 g/mol. The highest BCUT2D eigenvalue weighted by molar-refractivity contribution is 8.00. The molecule has 1 rings (SSSR count). The Morgan fingerprint density at radius 2 is 2.00 bits per heavy atom. The maximum atomic E-state index is 11.9. The molecule has 20 heavy (non-hydrogen) atoms. The number of hydrogen-bond acceptors (Lipinski definition) is 3. The van der Waals surface area contributed by atoms with Crippen LogP contribution in [0.2, 0.25) is 0 Å². The van der Waals surface area contributed by atoms with Crippen molar-refractivity contribution in [2.24, 2.45) is 0 Å². The van der Waals surface area contributed by atoms with Crippen LogP contribution in [-0.4, -0.2) is 29.1 Å². The van der Waals surface area contributed by atoms with Crippen LogP contribution in [0.25, 0.3) is 0 Å². The van der Waals surface area contributed by atoms with Crippen molar-refractivity contribution in [1.29, 1.82) is 0 Å². The van der Waals surface area contributed by atoms with Gasteiger partial charge in [0.05, 0.1) is 11.9 Å². The van der Waals surface area contributed by atoms with Crippen molar-refractivity contribution in [2.45, 2.75) is 45.4 Å². The zero-order valence-corrected chi connectivity index (χ0v) is 13.8. The molecule has 1 aromatic rings. The Bertz CT molecular complexity index is 440. The number of nitrogens with one attached hydrogen (secondary N) is 1. The maximum absolute atomic E-state index is 11.9. The Kier molecular flexibility index (Phi) is 6.40. The summed E-state index contributed by atoms with van der Waals surface area (Å²) in [6, 6.07) is 7.96. The number of aryl methyl sites for hydroxylation is 1. The average Bonchev–Trinajstić information content (AvgIpc) is 2.34. The summed E-state index contributed by atoms with van der Waals surface area (Å²) in [6.45, 7) is 10.5. The summed E-state index contributed by atoms with van der Waals surface area (Å²) >= 11 is 1.61. The van der Waals surface area contributed by atoms with Gasteiger partial charge in [-0.3, -0.25) is 4.79 Å². The zero-order valence-electron chi connectivity index (χ0n) is 13.0. The van der Waals surface area contributed by atoms with E-state index in [2.05, 4.69) is 5.32 Å². The van der Waals surface area contributed by atoms with E-state index in [-0.39, 0.29) is 16.7 Å². The van der Waals surface area contributed by atoms with Gasteiger partial charge in [0, 0.05) is 11.3 Å². The number of amides is 1. The molecule has 0 heterocycles. The van der Waals surface area contributed by atoms with Crippen molar-refractivity contribution in [3.05, 3.63) is 29.8 Å². The molecule has 0 unspecified atom stereocenters. The molecule has 4 heteroatoms. The Morgan fingerprint density at radius 3 is 2.60 bits per heavy atom. The number of para-hydroxylation sites is 1. The summed E-state index contributed by atoms with van der Waals surface area (Å²) in [4.78, 5) is 11.9. The summed E-state index contributed by atoms with van der Waals surface area (Å²) < 4.78 is 5.72. The fourth-order valence-electron chi connectivity index (χ4n) is 1.64. The highest BCUT2D eigenvalue weighted by Crippen LogP contribution is 2.17. The lowest BCUT2D eigenvalue weighted by Crippen LogP contribution is -2.44. The molecule has 0 saturated heterocycles. The molecule has 1 aromatic carbocycles. The second-order valence-electron chi connectivity index (χ2n) is 5.87. The predicted octanol–water partition coefficient (Wildman–Crippen LogP) is 3.41. The molecule has 1 atom stereocenters.